The summed E-state index contributed by atoms with van der Waals surface area (Å²) >= 11 is 1.30. The van der Waals surface area contributed by atoms with Crippen molar-refractivity contribution in [3.63, 3.8) is 0 Å². The number of aromatic amines is 1. The molecule has 3 aromatic heterocycles. The van der Waals surface area contributed by atoms with Crippen molar-refractivity contribution in [1.29, 1.82) is 0 Å². The summed E-state index contributed by atoms with van der Waals surface area (Å²) in [6.07, 6.45) is 3.74. The summed E-state index contributed by atoms with van der Waals surface area (Å²) in [5, 5.41) is 19.1. The largest absolute Gasteiger partial charge is 0.490 e. The lowest BCUT2D eigenvalue weighted by Gasteiger charge is -2.38. The van der Waals surface area contributed by atoms with E-state index in [2.05, 4.69) is 41.1 Å². The van der Waals surface area contributed by atoms with Crippen LogP contribution < -0.4 is 20.7 Å². The minimum atomic E-state index is -3.86. The molecule has 21 nitrogen and oxygen atoms in total. The number of aryl methyl sites for hydroxylation is 1. The van der Waals surface area contributed by atoms with Crippen LogP contribution in [0, 0.1) is 25.6 Å². The molecule has 3 atom stereocenters. The van der Waals surface area contributed by atoms with Crippen molar-refractivity contribution in [1.82, 2.24) is 45.6 Å². The van der Waals surface area contributed by atoms with Crippen LogP contribution in [-0.2, 0) is 43.2 Å². The molecule has 4 N–H and O–H groups in total. The van der Waals surface area contributed by atoms with E-state index in [9.17, 15) is 32.0 Å². The average Bonchev–Trinajstić information content (AvgIpc) is 4.18. The number of ether oxygens (including phenoxy) is 5. The number of hydrogen-bond acceptors (Lipinski definition) is 18. The first-order chi connectivity index (χ1) is 36.4. The van der Waals surface area contributed by atoms with Gasteiger partial charge < -0.3 is 49.4 Å². The van der Waals surface area contributed by atoms with Gasteiger partial charge in [-0.25, -0.2) is 27.8 Å². The summed E-state index contributed by atoms with van der Waals surface area (Å²) in [6, 6.07) is 6.67. The Bertz CT molecular complexity index is 2910. The molecular formula is C52H69FN10O11S2. The van der Waals surface area contributed by atoms with Gasteiger partial charge in [0.1, 0.15) is 58.6 Å². The van der Waals surface area contributed by atoms with E-state index in [1.807, 2.05) is 13.8 Å². The minimum Gasteiger partial charge on any atom is -0.490 e. The zero-order valence-corrected chi connectivity index (χ0v) is 45.7. The molecule has 412 valence electrons. The molecule has 5 heterocycles. The number of anilines is 2. The van der Waals surface area contributed by atoms with E-state index in [1.54, 1.807) is 56.0 Å². The number of hydrogen-bond donors (Lipinski definition) is 4. The van der Waals surface area contributed by atoms with Gasteiger partial charge in [0.05, 0.1) is 68.6 Å². The Hall–Kier alpha value is -6.02. The second-order valence-electron chi connectivity index (χ2n) is 19.7. The van der Waals surface area contributed by atoms with Crippen LogP contribution in [0.1, 0.15) is 91.7 Å². The first-order valence-corrected chi connectivity index (χ1v) is 27.8. The lowest BCUT2D eigenvalue weighted by molar-refractivity contribution is -0.141. The predicted molar refractivity (Wildman–Crippen MR) is 282 cm³/mol. The monoisotopic (exact) mass is 1090 g/mol. The zero-order chi connectivity index (χ0) is 54.6. The molecule has 3 amide bonds. The number of H-pyrrole nitrogens is 1. The SMILES string of the molecule is CNC(C)C(=O)NC(C(=O)N1CCCC1c1nc(C(=O)c2ccc(F)cc2)cs1)C1CCN(C(=O)COCCOCCOCCOCCOc2cc3ncnc(Nc4n[nH]c(C)c4C)c3cc2S(=O)(=O)C(C)(C)C)CC1. The van der Waals surface area contributed by atoms with Crippen LogP contribution in [0.2, 0.25) is 0 Å². The maximum atomic E-state index is 14.4. The van der Waals surface area contributed by atoms with Gasteiger partial charge in [-0.05, 0) is 111 Å². The van der Waals surface area contributed by atoms with Crippen molar-refractivity contribution in [3.8, 4) is 5.75 Å². The van der Waals surface area contributed by atoms with E-state index in [1.165, 1.54) is 48.0 Å². The number of benzene rings is 2. The summed E-state index contributed by atoms with van der Waals surface area (Å²) in [7, 11) is -2.19. The maximum absolute atomic E-state index is 14.4. The van der Waals surface area contributed by atoms with Gasteiger partial charge in [0.2, 0.25) is 23.5 Å². The third kappa shape index (κ3) is 14.3. The van der Waals surface area contributed by atoms with Crippen molar-refractivity contribution in [2.24, 2.45) is 5.92 Å². The molecule has 0 spiro atoms. The normalized spacial score (nSPS) is 16.2. The summed E-state index contributed by atoms with van der Waals surface area (Å²) in [6.45, 7) is 13.4. The summed E-state index contributed by atoms with van der Waals surface area (Å²) in [5.41, 5.74) is 2.82. The number of ketones is 1. The van der Waals surface area contributed by atoms with E-state index in [-0.39, 0.29) is 91.4 Å². The van der Waals surface area contributed by atoms with Gasteiger partial charge in [-0.3, -0.25) is 24.3 Å². The minimum absolute atomic E-state index is 0.0142. The molecule has 2 aliphatic heterocycles. The molecule has 2 fully saturated rings. The van der Waals surface area contributed by atoms with Crippen molar-refractivity contribution in [3.05, 3.63) is 81.4 Å². The van der Waals surface area contributed by atoms with E-state index < -0.39 is 32.5 Å². The zero-order valence-electron chi connectivity index (χ0n) is 44.1. The van der Waals surface area contributed by atoms with Crippen LogP contribution in [-0.4, -0.2) is 170 Å². The number of sulfone groups is 1. The smallest absolute Gasteiger partial charge is 0.248 e. The summed E-state index contributed by atoms with van der Waals surface area (Å²) in [5.74, 6) is -0.595. The Morgan fingerprint density at radius 3 is 2.17 bits per heavy atom. The molecule has 2 saturated heterocycles. The van der Waals surface area contributed by atoms with E-state index in [4.69, 9.17) is 23.7 Å². The number of nitrogens with zero attached hydrogens (tertiary/aromatic N) is 6. The fraction of sp³-hybridized carbons (Fsp3) is 0.538. The molecule has 76 heavy (non-hydrogen) atoms. The molecule has 0 radical (unpaired) electrons. The fourth-order valence-electron chi connectivity index (χ4n) is 8.69. The van der Waals surface area contributed by atoms with Crippen LogP contribution in [0.4, 0.5) is 16.0 Å². The van der Waals surface area contributed by atoms with Gasteiger partial charge in [-0.15, -0.1) is 11.3 Å². The quantitative estimate of drug-likeness (QED) is 0.0407. The molecule has 24 heteroatoms. The van der Waals surface area contributed by atoms with Crippen LogP contribution in [0.5, 0.6) is 5.75 Å². The molecule has 0 bridgehead atoms. The average molecular weight is 1090 g/mol. The van der Waals surface area contributed by atoms with Crippen molar-refractivity contribution < 1.29 is 55.7 Å². The Balaban J connectivity index is 0.786. The topological polar surface area (TPSA) is 258 Å². The number of likely N-dealkylation sites (N-methyl/N-ethyl adjacent to an activating group) is 1. The number of piperidine rings is 1. The molecule has 3 unspecified atom stereocenters. The Morgan fingerprint density at radius 2 is 1.54 bits per heavy atom. The van der Waals surface area contributed by atoms with Crippen molar-refractivity contribution in [2.45, 2.75) is 95.0 Å². The van der Waals surface area contributed by atoms with Crippen LogP contribution in [0.15, 0.2) is 53.0 Å². The van der Waals surface area contributed by atoms with Crippen LogP contribution in [0.25, 0.3) is 10.9 Å². The second-order valence-corrected chi connectivity index (χ2v) is 23.2. The molecule has 0 saturated carbocycles. The second kappa shape index (κ2) is 26.4. The number of halogens is 1. The number of rotatable bonds is 26. The highest BCUT2D eigenvalue weighted by Gasteiger charge is 2.41. The molecule has 7 rings (SSSR count). The van der Waals surface area contributed by atoms with Gasteiger partial charge in [0, 0.05) is 53.3 Å². The maximum Gasteiger partial charge on any atom is 0.248 e. The van der Waals surface area contributed by atoms with Crippen LogP contribution in [0.3, 0.4) is 0 Å². The molecule has 2 aliphatic rings. The number of nitrogens with one attached hydrogen (secondary N) is 4. The van der Waals surface area contributed by atoms with E-state index >= 15 is 0 Å². The van der Waals surface area contributed by atoms with E-state index in [0.717, 1.165) is 17.7 Å². The Morgan fingerprint density at radius 1 is 0.882 bits per heavy atom. The first kappa shape index (κ1) is 57.7. The summed E-state index contributed by atoms with van der Waals surface area (Å²) in [4.78, 5) is 70.7. The molecule has 5 aromatic rings. The highest BCUT2D eigenvalue weighted by atomic mass is 32.2. The number of amides is 3. The van der Waals surface area contributed by atoms with Gasteiger partial charge >= 0.3 is 0 Å². The van der Waals surface area contributed by atoms with Crippen molar-refractivity contribution in [2.75, 3.05) is 91.5 Å². The van der Waals surface area contributed by atoms with E-state index in [0.29, 0.717) is 91.8 Å². The fourth-order valence-corrected chi connectivity index (χ4v) is 10.9. The molecule has 0 aliphatic carbocycles. The number of aromatic nitrogens is 5. The Labute approximate surface area is 446 Å². The van der Waals surface area contributed by atoms with Gasteiger partial charge in [0.25, 0.3) is 0 Å². The number of fused-ring (bicyclic) bond motifs is 1. The third-order valence-electron chi connectivity index (χ3n) is 13.5. The number of carbonyl (C=O) groups is 4. The highest BCUT2D eigenvalue weighted by Crippen LogP contribution is 2.38. The summed E-state index contributed by atoms with van der Waals surface area (Å²) < 4.78 is 68.5. The lowest BCUT2D eigenvalue weighted by atomic mass is 9.88. The highest BCUT2D eigenvalue weighted by molar-refractivity contribution is 7.92. The lowest BCUT2D eigenvalue weighted by Crippen LogP contribution is -2.57. The van der Waals surface area contributed by atoms with Crippen molar-refractivity contribution >= 4 is 67.2 Å². The predicted octanol–water partition coefficient (Wildman–Crippen LogP) is 5.25. The number of thiazole rings is 1. The van der Waals surface area contributed by atoms with Crippen LogP contribution >= 0.6 is 11.3 Å². The Kier molecular flexibility index (Phi) is 20.0. The number of likely N-dealkylation sites (tertiary alicyclic amines) is 2. The van der Waals surface area contributed by atoms with Gasteiger partial charge in [-0.2, -0.15) is 5.10 Å². The molecular weight excluding hydrogens is 1020 g/mol. The first-order valence-electron chi connectivity index (χ1n) is 25.4. The van der Waals surface area contributed by atoms with Gasteiger partial charge in [-0.1, -0.05) is 0 Å². The van der Waals surface area contributed by atoms with Gasteiger partial charge in [0.15, 0.2) is 15.7 Å². The number of carbonyl (C=O) groups excluding carboxylic acids is 4. The third-order valence-corrected chi connectivity index (χ3v) is 17.0. The standard InChI is InChI=1S/C52H69FN10O11S2/c1-32-33(2)60-61-47(32)59-48-38-27-43(76(68,69)52(4,5)6)42(28-39(38)55-31-56-48)74-26-25-72-22-21-70-19-20-71-23-24-73-29-44(64)62-17-14-35(15-18-62)45(58-49(66)34(3)54-7)51(67)63-16-8-9-41(63)50-57-40(30-75-50)46(65)36-10-12-37(53)13-11-36/h10-13,27-28,30-31,34-35,41,45,54H,8-9,14-26,29H2,1-7H3,(H,58,66)(H2,55,56,59,60,61). The molecule has 2 aromatic carbocycles.